The molecule has 0 radical (unpaired) electrons. The summed E-state index contributed by atoms with van der Waals surface area (Å²) >= 11 is 13.2. The van der Waals surface area contributed by atoms with Gasteiger partial charge in [0.25, 0.3) is 0 Å². The second kappa shape index (κ2) is 11.3. The summed E-state index contributed by atoms with van der Waals surface area (Å²) in [7, 11) is -1.25. The molecule has 2 aromatic carbocycles. The minimum absolute atomic E-state index is 0.0148. The number of amides is 1. The average molecular weight is 622 g/mol. The zero-order chi connectivity index (χ0) is 29.5. The monoisotopic (exact) mass is 620 g/mol. The van der Waals surface area contributed by atoms with Crippen LogP contribution < -0.4 is 15.4 Å². The van der Waals surface area contributed by atoms with Crippen LogP contribution in [0.25, 0.3) is 5.70 Å². The number of carbonyl (C=O) groups excluding carboxylic acids is 1. The number of rotatable bonds is 8. The fraction of sp³-hybridized carbons (Fsp3) is 0.370. The van der Waals surface area contributed by atoms with Gasteiger partial charge in [0.05, 0.1) is 28.0 Å². The first-order valence-corrected chi connectivity index (χ1v) is 15.0. The van der Waals surface area contributed by atoms with Crippen molar-refractivity contribution < 1.29 is 22.7 Å². The minimum atomic E-state index is -4.19. The highest BCUT2D eigenvalue weighted by molar-refractivity contribution is 7.89. The number of carbonyl (C=O) groups is 1. The fourth-order valence-electron chi connectivity index (χ4n) is 5.09. The average Bonchev–Trinajstić information content (AvgIpc) is 3.63. The Hall–Kier alpha value is -3.16. The van der Waals surface area contributed by atoms with Crippen molar-refractivity contribution in [1.29, 1.82) is 0 Å². The topological polar surface area (TPSA) is 128 Å². The number of anilines is 1. The van der Waals surface area contributed by atoms with Crippen molar-refractivity contribution in [3.8, 4) is 5.75 Å². The number of methoxy groups -OCH3 is 1. The summed E-state index contributed by atoms with van der Waals surface area (Å²) in [5.41, 5.74) is 2.28. The number of nitrogens with one attached hydrogen (secondary N) is 2. The Morgan fingerprint density at radius 1 is 1.24 bits per heavy atom. The summed E-state index contributed by atoms with van der Waals surface area (Å²) in [5.74, 6) is 0.0919. The molecule has 41 heavy (non-hydrogen) atoms. The molecule has 0 unspecified atom stereocenters. The Morgan fingerprint density at radius 2 is 2.02 bits per heavy atom. The lowest BCUT2D eigenvalue weighted by Crippen LogP contribution is -2.44. The van der Waals surface area contributed by atoms with Gasteiger partial charge in [-0.1, -0.05) is 35.3 Å². The number of nitrogens with zero attached hydrogens (tertiary/aromatic N) is 4. The summed E-state index contributed by atoms with van der Waals surface area (Å²) < 4.78 is 42.0. The molecule has 1 saturated heterocycles. The standard InChI is InChI=1S/C27H30Cl2N6O5S/c1-27(2)11-21(34-15-31-14-32-34)17-6-5-7-22(25(17)33-27)40-13-18-19(28)8-9-23(24(18)29)41(37,38)35-12-16(39-4)10-20(35)26(36)30-3/h5-9,11,14-16,20,33H,10,12-13H2,1-4H3,(H,30,36)/t16-,20+/m1/s1. The molecule has 2 N–H and O–H groups in total. The van der Waals surface area contributed by atoms with E-state index in [2.05, 4.69) is 26.8 Å². The van der Waals surface area contributed by atoms with Gasteiger partial charge in [-0.05, 0) is 38.1 Å². The van der Waals surface area contributed by atoms with Gasteiger partial charge >= 0.3 is 0 Å². The molecule has 2 aliphatic heterocycles. The van der Waals surface area contributed by atoms with Crippen LogP contribution in [0.4, 0.5) is 5.69 Å². The smallest absolute Gasteiger partial charge is 0.245 e. The van der Waals surface area contributed by atoms with E-state index in [9.17, 15) is 13.2 Å². The molecule has 0 bridgehead atoms. The maximum absolute atomic E-state index is 13.8. The van der Waals surface area contributed by atoms with Gasteiger partial charge in [-0.3, -0.25) is 4.79 Å². The Kier molecular flexibility index (Phi) is 8.05. The minimum Gasteiger partial charge on any atom is -0.487 e. The predicted molar refractivity (Wildman–Crippen MR) is 155 cm³/mol. The van der Waals surface area contributed by atoms with Crippen LogP contribution in [0, 0.1) is 0 Å². The third-order valence-corrected chi connectivity index (χ3v) is 9.94. The number of likely N-dealkylation sites (N-methyl/N-ethyl adjacent to an activating group) is 1. The van der Waals surface area contributed by atoms with Crippen LogP contribution in [0.2, 0.25) is 10.0 Å². The summed E-state index contributed by atoms with van der Waals surface area (Å²) in [6.45, 7) is 3.94. The quantitative estimate of drug-likeness (QED) is 0.389. The maximum Gasteiger partial charge on any atom is 0.245 e. The molecule has 2 atom stereocenters. The zero-order valence-corrected chi connectivity index (χ0v) is 25.2. The first-order chi connectivity index (χ1) is 19.5. The van der Waals surface area contributed by atoms with E-state index < -0.39 is 33.6 Å². The molecule has 1 amide bonds. The van der Waals surface area contributed by atoms with E-state index in [1.54, 1.807) is 17.1 Å². The van der Waals surface area contributed by atoms with E-state index in [0.717, 1.165) is 21.3 Å². The van der Waals surface area contributed by atoms with Crippen molar-refractivity contribution >= 4 is 50.5 Å². The number of para-hydroxylation sites is 1. The highest BCUT2D eigenvalue weighted by Crippen LogP contribution is 2.42. The van der Waals surface area contributed by atoms with Crippen molar-refractivity contribution in [2.24, 2.45) is 0 Å². The predicted octanol–water partition coefficient (Wildman–Crippen LogP) is 3.78. The maximum atomic E-state index is 13.8. The Labute approximate surface area is 248 Å². The second-order valence-corrected chi connectivity index (χ2v) is 13.0. The van der Waals surface area contributed by atoms with Crippen LogP contribution in [-0.4, -0.2) is 71.8 Å². The fourth-order valence-corrected chi connectivity index (χ4v) is 7.58. The number of hydrogen-bond donors (Lipinski definition) is 2. The summed E-state index contributed by atoms with van der Waals surface area (Å²) in [6, 6.07) is 7.47. The first-order valence-electron chi connectivity index (χ1n) is 12.8. The summed E-state index contributed by atoms with van der Waals surface area (Å²) in [6.07, 6.45) is 4.94. The van der Waals surface area contributed by atoms with E-state index in [0.29, 0.717) is 11.3 Å². The molecule has 1 fully saturated rings. The number of sulfonamides is 1. The normalized spacial score (nSPS) is 20.2. The van der Waals surface area contributed by atoms with Gasteiger partial charge in [0.15, 0.2) is 0 Å². The van der Waals surface area contributed by atoms with Crippen LogP contribution in [-0.2, 0) is 26.2 Å². The first kappa shape index (κ1) is 29.3. The van der Waals surface area contributed by atoms with Gasteiger partial charge in [0, 0.05) is 43.3 Å². The summed E-state index contributed by atoms with van der Waals surface area (Å²) in [4.78, 5) is 16.4. The number of fused-ring (bicyclic) bond motifs is 1. The van der Waals surface area contributed by atoms with Crippen molar-refractivity contribution in [3.05, 3.63) is 70.2 Å². The van der Waals surface area contributed by atoms with Gasteiger partial charge in [0.2, 0.25) is 15.9 Å². The molecule has 3 heterocycles. The molecule has 0 spiro atoms. The zero-order valence-electron chi connectivity index (χ0n) is 22.9. The molecule has 1 aromatic heterocycles. The van der Waals surface area contributed by atoms with Crippen molar-refractivity contribution in [2.45, 2.75) is 49.5 Å². The molecule has 11 nitrogen and oxygen atoms in total. The van der Waals surface area contributed by atoms with Crippen LogP contribution in [0.3, 0.4) is 0 Å². The van der Waals surface area contributed by atoms with E-state index in [4.69, 9.17) is 32.7 Å². The number of benzene rings is 2. The molecule has 0 saturated carbocycles. The lowest BCUT2D eigenvalue weighted by Gasteiger charge is -2.33. The van der Waals surface area contributed by atoms with Gasteiger partial charge in [-0.25, -0.2) is 18.1 Å². The lowest BCUT2D eigenvalue weighted by atomic mass is 9.94. The molecule has 0 aliphatic carbocycles. The van der Waals surface area contributed by atoms with Gasteiger partial charge < -0.3 is 20.1 Å². The Bertz CT molecular complexity index is 1610. The molecule has 3 aromatic rings. The van der Waals surface area contributed by atoms with E-state index in [1.807, 2.05) is 26.0 Å². The Balaban J connectivity index is 1.47. The van der Waals surface area contributed by atoms with Gasteiger partial charge in [0.1, 0.15) is 35.9 Å². The van der Waals surface area contributed by atoms with E-state index >= 15 is 0 Å². The lowest BCUT2D eigenvalue weighted by molar-refractivity contribution is -0.123. The Morgan fingerprint density at radius 3 is 2.71 bits per heavy atom. The SMILES string of the molecule is CNC(=O)[C@@H]1C[C@@H](OC)CN1S(=O)(=O)c1ccc(Cl)c(COc2cccc3c2NC(C)(C)C=C3n2cncn2)c1Cl. The third kappa shape index (κ3) is 5.54. The molecule has 5 rings (SSSR count). The number of halogens is 2. The van der Waals surface area contributed by atoms with E-state index in [1.165, 1.54) is 32.6 Å². The van der Waals surface area contributed by atoms with Gasteiger partial charge in [-0.15, -0.1) is 0 Å². The highest BCUT2D eigenvalue weighted by Gasteiger charge is 2.44. The number of aromatic nitrogens is 3. The largest absolute Gasteiger partial charge is 0.487 e. The van der Waals surface area contributed by atoms with Crippen LogP contribution in [0.15, 0.2) is 54.0 Å². The van der Waals surface area contributed by atoms with E-state index in [-0.39, 0.29) is 34.5 Å². The van der Waals surface area contributed by atoms with Crippen molar-refractivity contribution in [2.75, 3.05) is 26.0 Å². The van der Waals surface area contributed by atoms with Gasteiger partial charge in [-0.2, -0.15) is 9.40 Å². The van der Waals surface area contributed by atoms with Crippen molar-refractivity contribution in [3.63, 3.8) is 0 Å². The second-order valence-electron chi connectivity index (χ2n) is 10.3. The molecule has 14 heteroatoms. The molecule has 218 valence electrons. The highest BCUT2D eigenvalue weighted by atomic mass is 35.5. The molecular formula is C27H30Cl2N6O5S. The molecule has 2 aliphatic rings. The molecular weight excluding hydrogens is 591 g/mol. The van der Waals surface area contributed by atoms with Crippen LogP contribution >= 0.6 is 23.2 Å². The summed E-state index contributed by atoms with van der Waals surface area (Å²) in [5, 5.41) is 10.5. The van der Waals surface area contributed by atoms with Crippen molar-refractivity contribution in [1.82, 2.24) is 24.4 Å². The third-order valence-electron chi connectivity index (χ3n) is 7.12. The van der Waals surface area contributed by atoms with Crippen LogP contribution in [0.5, 0.6) is 5.75 Å². The van der Waals surface area contributed by atoms with Crippen LogP contribution in [0.1, 0.15) is 31.4 Å². The number of ether oxygens (including phenoxy) is 2. The number of hydrogen-bond acceptors (Lipinski definition) is 8.